The molecule has 1 unspecified atom stereocenters. The van der Waals surface area contributed by atoms with Crippen LogP contribution in [0.4, 0.5) is 5.82 Å². The van der Waals surface area contributed by atoms with E-state index < -0.39 is 18.0 Å². The highest BCUT2D eigenvalue weighted by molar-refractivity contribution is 14.1. The number of halogens is 3. The average Bonchev–Trinajstić information content (AvgIpc) is 2.50. The van der Waals surface area contributed by atoms with E-state index in [0.29, 0.717) is 10.6 Å². The number of carbonyl (C=O) groups is 2. The molecule has 120 valence electrons. The molecule has 0 fully saturated rings. The Morgan fingerprint density at radius 3 is 2.52 bits per heavy atom. The van der Waals surface area contributed by atoms with Crippen LogP contribution >= 0.6 is 45.8 Å². The number of hydrogen-bond acceptors (Lipinski definition) is 4. The zero-order valence-corrected chi connectivity index (χ0v) is 15.5. The van der Waals surface area contributed by atoms with Gasteiger partial charge in [-0.3, -0.25) is 4.79 Å². The number of benzene rings is 1. The third kappa shape index (κ3) is 5.05. The Balaban J connectivity index is 1.99. The Morgan fingerprint density at radius 2 is 1.91 bits per heavy atom. The summed E-state index contributed by atoms with van der Waals surface area (Å²) in [4.78, 5) is 27.9. The molecule has 0 spiro atoms. The molecule has 0 saturated heterocycles. The first-order valence-corrected chi connectivity index (χ1v) is 8.28. The van der Waals surface area contributed by atoms with E-state index in [0.717, 1.165) is 3.57 Å². The predicted molar refractivity (Wildman–Crippen MR) is 96.9 cm³/mol. The van der Waals surface area contributed by atoms with Gasteiger partial charge in [0.25, 0.3) is 5.91 Å². The summed E-state index contributed by atoms with van der Waals surface area (Å²) in [6, 6.07) is 8.27. The summed E-state index contributed by atoms with van der Waals surface area (Å²) in [5.74, 6) is -0.974. The number of nitrogens with one attached hydrogen (secondary N) is 1. The molecule has 1 atom stereocenters. The van der Waals surface area contributed by atoms with Crippen molar-refractivity contribution in [2.45, 2.75) is 13.0 Å². The third-order valence-corrected chi connectivity index (χ3v) is 4.00. The summed E-state index contributed by atoms with van der Waals surface area (Å²) in [5.41, 5.74) is 0.368. The lowest BCUT2D eigenvalue weighted by molar-refractivity contribution is -0.123. The second-order valence-electron chi connectivity index (χ2n) is 4.53. The summed E-state index contributed by atoms with van der Waals surface area (Å²) in [6.07, 6.45) is 0.348. The molecule has 1 N–H and O–H groups in total. The van der Waals surface area contributed by atoms with Gasteiger partial charge in [-0.05, 0) is 59.8 Å². The molecule has 5 nitrogen and oxygen atoms in total. The van der Waals surface area contributed by atoms with Gasteiger partial charge in [-0.15, -0.1) is 0 Å². The summed E-state index contributed by atoms with van der Waals surface area (Å²) in [6.45, 7) is 1.46. The molecule has 0 radical (unpaired) electrons. The Labute approximate surface area is 156 Å². The number of esters is 1. The number of rotatable bonds is 4. The minimum absolute atomic E-state index is 0.151. The van der Waals surface area contributed by atoms with Crippen molar-refractivity contribution >= 4 is 63.5 Å². The highest BCUT2D eigenvalue weighted by Gasteiger charge is 2.20. The summed E-state index contributed by atoms with van der Waals surface area (Å²) in [7, 11) is 0. The zero-order valence-electron chi connectivity index (χ0n) is 11.8. The second-order valence-corrected chi connectivity index (χ2v) is 6.62. The molecule has 0 aliphatic carbocycles. The lowest BCUT2D eigenvalue weighted by Gasteiger charge is -2.13. The molecule has 0 bridgehead atoms. The number of amides is 1. The molecular weight excluding hydrogens is 454 g/mol. The maximum Gasteiger partial charge on any atom is 0.338 e. The fraction of sp³-hybridized carbons (Fsp3) is 0.133. The smallest absolute Gasteiger partial charge is 0.338 e. The highest BCUT2D eigenvalue weighted by Crippen LogP contribution is 2.22. The van der Waals surface area contributed by atoms with Crippen molar-refractivity contribution in [3.8, 4) is 0 Å². The van der Waals surface area contributed by atoms with Crippen molar-refractivity contribution in [1.29, 1.82) is 0 Å². The van der Waals surface area contributed by atoms with Crippen LogP contribution < -0.4 is 5.32 Å². The largest absolute Gasteiger partial charge is 0.449 e. The topological polar surface area (TPSA) is 68.3 Å². The SMILES string of the molecule is CC(OC(=O)c1ccc(I)cc1)C(=O)Nc1ncc(Cl)cc1Cl. The van der Waals surface area contributed by atoms with Gasteiger partial charge in [0.15, 0.2) is 11.9 Å². The molecule has 0 saturated carbocycles. The molecule has 0 aliphatic rings. The number of hydrogen-bond donors (Lipinski definition) is 1. The molecule has 1 aromatic heterocycles. The number of pyridine rings is 1. The van der Waals surface area contributed by atoms with E-state index >= 15 is 0 Å². The van der Waals surface area contributed by atoms with Crippen LogP contribution in [0.25, 0.3) is 0 Å². The first-order valence-electron chi connectivity index (χ1n) is 6.45. The fourth-order valence-electron chi connectivity index (χ4n) is 1.59. The van der Waals surface area contributed by atoms with Crippen molar-refractivity contribution in [2.75, 3.05) is 5.32 Å². The van der Waals surface area contributed by atoms with E-state index in [4.69, 9.17) is 27.9 Å². The van der Waals surface area contributed by atoms with Crippen LogP contribution in [0.1, 0.15) is 17.3 Å². The molecule has 8 heteroatoms. The van der Waals surface area contributed by atoms with E-state index in [2.05, 4.69) is 32.9 Å². The van der Waals surface area contributed by atoms with Gasteiger partial charge in [0.05, 0.1) is 15.6 Å². The van der Waals surface area contributed by atoms with Crippen LogP contribution in [0.5, 0.6) is 0 Å². The van der Waals surface area contributed by atoms with Gasteiger partial charge < -0.3 is 10.1 Å². The summed E-state index contributed by atoms with van der Waals surface area (Å²) in [5, 5.41) is 3.03. The standard InChI is InChI=1S/C15H11Cl2IN2O3/c1-8(23-15(22)9-2-4-11(18)5-3-9)14(21)20-13-12(17)6-10(16)7-19-13/h2-8H,1H3,(H,19,20,21). The van der Waals surface area contributed by atoms with Gasteiger partial charge in [-0.2, -0.15) is 0 Å². The van der Waals surface area contributed by atoms with Crippen molar-refractivity contribution in [1.82, 2.24) is 4.98 Å². The maximum atomic E-state index is 12.0. The molecule has 23 heavy (non-hydrogen) atoms. The molecule has 1 amide bonds. The average molecular weight is 465 g/mol. The number of anilines is 1. The van der Waals surface area contributed by atoms with E-state index in [-0.39, 0.29) is 10.8 Å². The van der Waals surface area contributed by atoms with Crippen LogP contribution in [0.2, 0.25) is 10.0 Å². The Morgan fingerprint density at radius 1 is 1.26 bits per heavy atom. The Kier molecular flexibility index (Phi) is 6.20. The van der Waals surface area contributed by atoms with E-state index in [1.165, 1.54) is 19.2 Å². The molecule has 1 aromatic carbocycles. The normalized spacial score (nSPS) is 11.7. The zero-order chi connectivity index (χ0) is 17.0. The number of ether oxygens (including phenoxy) is 1. The van der Waals surface area contributed by atoms with Crippen LogP contribution in [0, 0.1) is 3.57 Å². The minimum atomic E-state index is -1.00. The molecule has 0 aliphatic heterocycles. The first-order chi connectivity index (χ1) is 10.9. The number of carbonyl (C=O) groups excluding carboxylic acids is 2. The molecule has 2 aromatic rings. The quantitative estimate of drug-likeness (QED) is 0.544. The highest BCUT2D eigenvalue weighted by atomic mass is 127. The van der Waals surface area contributed by atoms with Crippen LogP contribution in [-0.2, 0) is 9.53 Å². The predicted octanol–water partition coefficient (Wildman–Crippen LogP) is 4.18. The monoisotopic (exact) mass is 464 g/mol. The van der Waals surface area contributed by atoms with Gasteiger partial charge in [-0.25, -0.2) is 9.78 Å². The maximum absolute atomic E-state index is 12.0. The third-order valence-electron chi connectivity index (χ3n) is 2.78. The van der Waals surface area contributed by atoms with Crippen LogP contribution in [0.15, 0.2) is 36.5 Å². The van der Waals surface area contributed by atoms with Gasteiger partial charge in [-0.1, -0.05) is 23.2 Å². The Hall–Kier alpha value is -1.38. The molecule has 2 rings (SSSR count). The number of nitrogens with zero attached hydrogens (tertiary/aromatic N) is 1. The van der Waals surface area contributed by atoms with Gasteiger partial charge in [0, 0.05) is 9.77 Å². The van der Waals surface area contributed by atoms with Gasteiger partial charge in [0.1, 0.15) is 0 Å². The van der Waals surface area contributed by atoms with Crippen molar-refractivity contribution in [3.63, 3.8) is 0 Å². The van der Waals surface area contributed by atoms with Crippen molar-refractivity contribution in [2.24, 2.45) is 0 Å². The van der Waals surface area contributed by atoms with Gasteiger partial charge >= 0.3 is 5.97 Å². The summed E-state index contributed by atoms with van der Waals surface area (Å²) >= 11 is 13.8. The van der Waals surface area contributed by atoms with Crippen LogP contribution in [-0.4, -0.2) is 23.0 Å². The van der Waals surface area contributed by atoms with Crippen molar-refractivity contribution < 1.29 is 14.3 Å². The summed E-state index contributed by atoms with van der Waals surface area (Å²) < 4.78 is 6.12. The van der Waals surface area contributed by atoms with E-state index in [9.17, 15) is 9.59 Å². The van der Waals surface area contributed by atoms with Gasteiger partial charge in [0.2, 0.25) is 0 Å². The van der Waals surface area contributed by atoms with Crippen molar-refractivity contribution in [3.05, 3.63) is 55.7 Å². The van der Waals surface area contributed by atoms with Crippen LogP contribution in [0.3, 0.4) is 0 Å². The fourth-order valence-corrected chi connectivity index (χ4v) is 2.38. The molecular formula is C15H11Cl2IN2O3. The lowest BCUT2D eigenvalue weighted by atomic mass is 10.2. The molecule has 1 heterocycles. The second kappa shape index (κ2) is 7.94. The van der Waals surface area contributed by atoms with E-state index in [1.807, 2.05) is 0 Å². The Bertz CT molecular complexity index is 738. The first kappa shape index (κ1) is 18.0. The minimum Gasteiger partial charge on any atom is -0.449 e. The lowest BCUT2D eigenvalue weighted by Crippen LogP contribution is -2.30. The van der Waals surface area contributed by atoms with E-state index in [1.54, 1.807) is 24.3 Å². The number of aromatic nitrogens is 1.